The molecule has 3 aromatic rings. The molecule has 0 saturated carbocycles. The quantitative estimate of drug-likeness (QED) is 0.502. The zero-order valence-corrected chi connectivity index (χ0v) is 13.9. The largest absolute Gasteiger partial charge is 0.493 e. The Kier molecular flexibility index (Phi) is 4.26. The SMILES string of the molecule is COc1ccc(-c2nc(-c3ccc([N+](=O)[O-])s3)cs2)cc1OC. The first-order valence-electron chi connectivity index (χ1n) is 6.55. The second-order valence-corrected chi connectivity index (χ2v) is 6.42. The summed E-state index contributed by atoms with van der Waals surface area (Å²) in [6, 6.07) is 8.80. The van der Waals surface area contributed by atoms with E-state index in [1.54, 1.807) is 20.3 Å². The number of thiazole rings is 1. The summed E-state index contributed by atoms with van der Waals surface area (Å²) in [6.07, 6.45) is 0. The van der Waals surface area contributed by atoms with Crippen LogP contribution in [-0.4, -0.2) is 24.1 Å². The van der Waals surface area contributed by atoms with Crippen LogP contribution in [0.1, 0.15) is 0 Å². The Morgan fingerprint density at radius 2 is 1.91 bits per heavy atom. The molecule has 0 radical (unpaired) electrons. The number of hydrogen-bond donors (Lipinski definition) is 0. The standard InChI is InChI=1S/C15H12N2O4S2/c1-20-11-4-3-9(7-12(11)21-2)15-16-10(8-22-15)13-5-6-14(23-13)17(18)19/h3-8H,1-2H3. The van der Waals surface area contributed by atoms with Gasteiger partial charge in [-0.25, -0.2) is 4.98 Å². The minimum atomic E-state index is -0.393. The van der Waals surface area contributed by atoms with Crippen molar-refractivity contribution >= 4 is 27.7 Å². The number of thiophene rings is 1. The molecule has 2 heterocycles. The van der Waals surface area contributed by atoms with Gasteiger partial charge in [-0.15, -0.1) is 11.3 Å². The minimum absolute atomic E-state index is 0.112. The van der Waals surface area contributed by atoms with Crippen molar-refractivity contribution in [3.8, 4) is 32.6 Å². The van der Waals surface area contributed by atoms with E-state index >= 15 is 0 Å². The van der Waals surface area contributed by atoms with E-state index in [1.807, 2.05) is 23.6 Å². The Morgan fingerprint density at radius 1 is 1.13 bits per heavy atom. The van der Waals surface area contributed by atoms with Crippen molar-refractivity contribution in [2.24, 2.45) is 0 Å². The van der Waals surface area contributed by atoms with Crippen molar-refractivity contribution in [3.63, 3.8) is 0 Å². The van der Waals surface area contributed by atoms with Crippen LogP contribution >= 0.6 is 22.7 Å². The molecule has 0 atom stereocenters. The lowest BCUT2D eigenvalue weighted by Crippen LogP contribution is -1.90. The smallest absolute Gasteiger partial charge is 0.324 e. The third-order valence-corrected chi connectivity index (χ3v) is 5.11. The molecule has 23 heavy (non-hydrogen) atoms. The molecule has 0 amide bonds. The van der Waals surface area contributed by atoms with Gasteiger partial charge in [-0.05, 0) is 24.3 Å². The maximum absolute atomic E-state index is 10.8. The first-order valence-corrected chi connectivity index (χ1v) is 8.24. The maximum atomic E-state index is 10.8. The summed E-state index contributed by atoms with van der Waals surface area (Å²) in [5.41, 5.74) is 1.64. The monoisotopic (exact) mass is 348 g/mol. The predicted octanol–water partition coefficient (Wildman–Crippen LogP) is 4.46. The number of benzene rings is 1. The van der Waals surface area contributed by atoms with Crippen LogP contribution < -0.4 is 9.47 Å². The molecule has 0 aliphatic heterocycles. The van der Waals surface area contributed by atoms with Gasteiger partial charge in [0, 0.05) is 17.0 Å². The molecule has 0 aliphatic carbocycles. The number of methoxy groups -OCH3 is 2. The molecule has 6 nitrogen and oxygen atoms in total. The van der Waals surface area contributed by atoms with Crippen LogP contribution in [0.25, 0.3) is 21.1 Å². The van der Waals surface area contributed by atoms with Crippen molar-refractivity contribution in [2.75, 3.05) is 14.2 Å². The number of rotatable bonds is 5. The predicted molar refractivity (Wildman–Crippen MR) is 90.6 cm³/mol. The van der Waals surface area contributed by atoms with Crippen molar-refractivity contribution in [2.45, 2.75) is 0 Å². The normalized spacial score (nSPS) is 10.5. The summed E-state index contributed by atoms with van der Waals surface area (Å²) in [5.74, 6) is 1.29. The van der Waals surface area contributed by atoms with Gasteiger partial charge in [0.2, 0.25) is 0 Å². The van der Waals surface area contributed by atoms with Crippen molar-refractivity contribution in [3.05, 3.63) is 45.8 Å². The Morgan fingerprint density at radius 3 is 2.57 bits per heavy atom. The molecule has 1 aromatic carbocycles. The fourth-order valence-corrected chi connectivity index (χ4v) is 3.73. The van der Waals surface area contributed by atoms with Crippen LogP contribution in [0, 0.1) is 10.1 Å². The van der Waals surface area contributed by atoms with E-state index in [2.05, 4.69) is 4.98 Å². The van der Waals surface area contributed by atoms with Crippen LogP contribution in [0.3, 0.4) is 0 Å². The van der Waals surface area contributed by atoms with E-state index in [0.29, 0.717) is 11.5 Å². The molecule has 0 N–H and O–H groups in total. The maximum Gasteiger partial charge on any atom is 0.324 e. The lowest BCUT2D eigenvalue weighted by atomic mass is 10.2. The van der Waals surface area contributed by atoms with Crippen molar-refractivity contribution in [1.29, 1.82) is 0 Å². The lowest BCUT2D eigenvalue weighted by molar-refractivity contribution is -0.380. The summed E-state index contributed by atoms with van der Waals surface area (Å²) in [6.45, 7) is 0. The lowest BCUT2D eigenvalue weighted by Gasteiger charge is -2.08. The van der Waals surface area contributed by atoms with Gasteiger partial charge < -0.3 is 9.47 Å². The summed E-state index contributed by atoms with van der Waals surface area (Å²) in [7, 11) is 3.17. The first kappa shape index (κ1) is 15.4. The van der Waals surface area contributed by atoms with Gasteiger partial charge in [-0.3, -0.25) is 10.1 Å². The van der Waals surface area contributed by atoms with E-state index in [9.17, 15) is 10.1 Å². The summed E-state index contributed by atoms with van der Waals surface area (Å²) < 4.78 is 10.5. The van der Waals surface area contributed by atoms with E-state index < -0.39 is 4.92 Å². The Bertz CT molecular complexity index is 857. The molecule has 8 heteroatoms. The number of nitro groups is 1. The fourth-order valence-electron chi connectivity index (χ4n) is 2.05. The molecule has 0 saturated heterocycles. The Balaban J connectivity index is 1.93. The second-order valence-electron chi connectivity index (χ2n) is 4.50. The Labute approximate surface area is 140 Å². The average Bonchev–Trinajstić information content (AvgIpc) is 3.23. The molecule has 2 aromatic heterocycles. The molecular formula is C15H12N2O4S2. The van der Waals surface area contributed by atoms with Gasteiger partial charge in [-0.1, -0.05) is 11.3 Å². The van der Waals surface area contributed by atoms with Crippen LogP contribution in [-0.2, 0) is 0 Å². The molecule has 3 rings (SSSR count). The van der Waals surface area contributed by atoms with Crippen molar-refractivity contribution in [1.82, 2.24) is 4.98 Å². The fraction of sp³-hybridized carbons (Fsp3) is 0.133. The molecule has 0 spiro atoms. The molecular weight excluding hydrogens is 336 g/mol. The molecule has 118 valence electrons. The number of ether oxygens (including phenoxy) is 2. The third-order valence-electron chi connectivity index (χ3n) is 3.16. The van der Waals surface area contributed by atoms with E-state index in [1.165, 1.54) is 17.4 Å². The highest BCUT2D eigenvalue weighted by molar-refractivity contribution is 7.19. The van der Waals surface area contributed by atoms with Gasteiger partial charge >= 0.3 is 5.00 Å². The second kappa shape index (κ2) is 6.35. The molecule has 0 aliphatic rings. The van der Waals surface area contributed by atoms with Gasteiger partial charge in [-0.2, -0.15) is 0 Å². The third kappa shape index (κ3) is 3.03. The Hall–Kier alpha value is -2.45. The van der Waals surface area contributed by atoms with Crippen LogP contribution in [0.2, 0.25) is 0 Å². The number of hydrogen-bond acceptors (Lipinski definition) is 7. The highest BCUT2D eigenvalue weighted by Gasteiger charge is 2.15. The van der Waals surface area contributed by atoms with Gasteiger partial charge in [0.25, 0.3) is 0 Å². The van der Waals surface area contributed by atoms with Gasteiger partial charge in [0.15, 0.2) is 11.5 Å². The highest BCUT2D eigenvalue weighted by Crippen LogP contribution is 2.37. The summed E-state index contributed by atoms with van der Waals surface area (Å²) in [4.78, 5) is 15.7. The van der Waals surface area contributed by atoms with E-state index in [-0.39, 0.29) is 5.00 Å². The highest BCUT2D eigenvalue weighted by atomic mass is 32.1. The minimum Gasteiger partial charge on any atom is -0.493 e. The van der Waals surface area contributed by atoms with Gasteiger partial charge in [0.05, 0.1) is 29.7 Å². The summed E-state index contributed by atoms with van der Waals surface area (Å²) in [5, 5.41) is 13.6. The summed E-state index contributed by atoms with van der Waals surface area (Å²) >= 11 is 2.59. The topological polar surface area (TPSA) is 74.5 Å². The molecule has 0 fully saturated rings. The van der Waals surface area contributed by atoms with Gasteiger partial charge in [0.1, 0.15) is 5.01 Å². The van der Waals surface area contributed by atoms with Crippen LogP contribution in [0.4, 0.5) is 5.00 Å². The molecule has 0 unspecified atom stereocenters. The van der Waals surface area contributed by atoms with Crippen LogP contribution in [0.15, 0.2) is 35.7 Å². The van der Waals surface area contributed by atoms with E-state index in [0.717, 1.165) is 32.5 Å². The average molecular weight is 348 g/mol. The zero-order valence-electron chi connectivity index (χ0n) is 12.3. The van der Waals surface area contributed by atoms with Crippen LogP contribution in [0.5, 0.6) is 11.5 Å². The molecule has 0 bridgehead atoms. The number of aromatic nitrogens is 1. The first-order chi connectivity index (χ1) is 11.1. The van der Waals surface area contributed by atoms with Crippen molar-refractivity contribution < 1.29 is 14.4 Å². The van der Waals surface area contributed by atoms with E-state index in [4.69, 9.17) is 9.47 Å². The number of nitrogens with zero attached hydrogens (tertiary/aromatic N) is 2. The zero-order chi connectivity index (χ0) is 16.4.